The molecule has 0 bridgehead atoms. The highest BCUT2D eigenvalue weighted by molar-refractivity contribution is 6.09. The lowest BCUT2D eigenvalue weighted by molar-refractivity contribution is -0.0512. The average molecular weight is 425 g/mol. The Labute approximate surface area is 171 Å². The Hall–Kier alpha value is -3.43. The first-order chi connectivity index (χ1) is 14.2. The number of esters is 2. The Morgan fingerprint density at radius 1 is 1.00 bits per heavy atom. The van der Waals surface area contributed by atoms with E-state index in [0.717, 1.165) is 12.1 Å². The van der Waals surface area contributed by atoms with Gasteiger partial charge in [-0.1, -0.05) is 0 Å². The van der Waals surface area contributed by atoms with Gasteiger partial charge in [-0.3, -0.25) is 4.79 Å². The second-order valence-corrected chi connectivity index (χ2v) is 6.09. The number of ether oxygens (including phenoxy) is 4. The second-order valence-electron chi connectivity index (χ2n) is 6.09. The fraction of sp³-hybridized carbons (Fsp3) is 0.350. The summed E-state index contributed by atoms with van der Waals surface area (Å²) in [5.74, 6) is -2.49. The summed E-state index contributed by atoms with van der Waals surface area (Å²) in [6.07, 6.45) is 0. The minimum atomic E-state index is -3.06. The van der Waals surface area contributed by atoms with Crippen LogP contribution >= 0.6 is 0 Å². The summed E-state index contributed by atoms with van der Waals surface area (Å²) < 4.78 is 44.0. The maximum Gasteiger partial charge on any atom is 0.387 e. The van der Waals surface area contributed by atoms with Crippen molar-refractivity contribution < 1.29 is 42.1 Å². The highest BCUT2D eigenvalue weighted by atomic mass is 19.3. The van der Waals surface area contributed by atoms with E-state index in [1.54, 1.807) is 20.8 Å². The molecule has 0 fully saturated rings. The van der Waals surface area contributed by atoms with Gasteiger partial charge in [-0.05, 0) is 39.0 Å². The molecule has 1 N–H and O–H groups in total. The fourth-order valence-electron chi connectivity index (χ4n) is 2.86. The number of halogens is 2. The van der Waals surface area contributed by atoms with Crippen molar-refractivity contribution >= 4 is 17.7 Å². The number of hydrogen-bond donors (Lipinski definition) is 1. The molecule has 162 valence electrons. The van der Waals surface area contributed by atoms with Crippen LogP contribution in [0.4, 0.5) is 8.78 Å². The number of ketones is 1. The molecule has 0 aliphatic carbocycles. The molecular formula is C20H21F2NO7. The van der Waals surface area contributed by atoms with Crippen LogP contribution in [-0.2, 0) is 9.47 Å². The summed E-state index contributed by atoms with van der Waals surface area (Å²) in [4.78, 5) is 39.9. The van der Waals surface area contributed by atoms with E-state index in [2.05, 4.69) is 9.72 Å². The number of alkyl halides is 2. The second kappa shape index (κ2) is 9.86. The van der Waals surface area contributed by atoms with Crippen LogP contribution in [0.25, 0.3) is 0 Å². The van der Waals surface area contributed by atoms with Gasteiger partial charge in [0.15, 0.2) is 18.1 Å². The molecule has 0 saturated heterocycles. The summed E-state index contributed by atoms with van der Waals surface area (Å²) in [6.45, 7) is 1.31. The fourth-order valence-corrected chi connectivity index (χ4v) is 2.86. The maximum absolute atomic E-state index is 12.6. The Balaban J connectivity index is 2.15. The lowest BCUT2D eigenvalue weighted by Crippen LogP contribution is -2.18. The third-order valence-corrected chi connectivity index (χ3v) is 4.08. The summed E-state index contributed by atoms with van der Waals surface area (Å²) >= 11 is 0. The number of methoxy groups -OCH3 is 1. The van der Waals surface area contributed by atoms with Gasteiger partial charge in [-0.15, -0.1) is 0 Å². The number of aryl methyl sites for hydroxylation is 2. The van der Waals surface area contributed by atoms with Crippen molar-refractivity contribution in [2.75, 3.05) is 20.3 Å². The van der Waals surface area contributed by atoms with Crippen molar-refractivity contribution in [1.82, 2.24) is 4.98 Å². The van der Waals surface area contributed by atoms with Crippen molar-refractivity contribution in [2.24, 2.45) is 0 Å². The van der Waals surface area contributed by atoms with Crippen LogP contribution in [-0.4, -0.2) is 49.6 Å². The van der Waals surface area contributed by atoms with E-state index >= 15 is 0 Å². The Bertz CT molecular complexity index is 953. The Kier molecular flexibility index (Phi) is 7.51. The normalized spacial score (nSPS) is 10.6. The van der Waals surface area contributed by atoms with Crippen molar-refractivity contribution in [2.45, 2.75) is 27.4 Å². The van der Waals surface area contributed by atoms with E-state index in [1.807, 2.05) is 0 Å². The maximum atomic E-state index is 12.6. The van der Waals surface area contributed by atoms with Gasteiger partial charge >= 0.3 is 18.6 Å². The van der Waals surface area contributed by atoms with Crippen molar-refractivity contribution in [3.8, 4) is 11.5 Å². The molecule has 1 aromatic carbocycles. The molecule has 0 aliphatic rings. The minimum absolute atomic E-state index is 0.0335. The molecule has 0 atom stereocenters. The van der Waals surface area contributed by atoms with E-state index in [0.29, 0.717) is 11.4 Å². The monoisotopic (exact) mass is 425 g/mol. The van der Waals surface area contributed by atoms with Crippen LogP contribution in [0.15, 0.2) is 18.2 Å². The number of H-pyrrole nitrogens is 1. The number of aromatic amines is 1. The zero-order valence-corrected chi connectivity index (χ0v) is 16.8. The standard InChI is InChI=1S/C20H21F2NO7/c1-5-28-19(26)17-11(3)23-10(2)16(17)13(24)9-29-18(25)12-6-7-14(30-20(21)22)15(8-12)27-4/h6-8,20,23H,5,9H2,1-4H3. The van der Waals surface area contributed by atoms with Crippen LogP contribution in [0.5, 0.6) is 11.5 Å². The molecular weight excluding hydrogens is 404 g/mol. The predicted molar refractivity (Wildman–Crippen MR) is 100 cm³/mol. The van der Waals surface area contributed by atoms with Crippen LogP contribution < -0.4 is 9.47 Å². The SMILES string of the molecule is CCOC(=O)c1c(C)[nH]c(C)c1C(=O)COC(=O)c1ccc(OC(F)F)c(OC)c1. The molecule has 1 aromatic heterocycles. The number of aromatic nitrogens is 1. The average Bonchev–Trinajstić information content (AvgIpc) is 2.99. The van der Waals surface area contributed by atoms with Gasteiger partial charge in [0, 0.05) is 11.4 Å². The molecule has 2 rings (SSSR count). The summed E-state index contributed by atoms with van der Waals surface area (Å²) in [5, 5.41) is 0. The molecule has 0 unspecified atom stereocenters. The molecule has 0 radical (unpaired) electrons. The molecule has 0 aliphatic heterocycles. The predicted octanol–water partition coefficient (Wildman–Crippen LogP) is 3.46. The minimum Gasteiger partial charge on any atom is -0.493 e. The van der Waals surface area contributed by atoms with E-state index < -0.39 is 30.9 Å². The summed E-state index contributed by atoms with van der Waals surface area (Å²) in [7, 11) is 1.22. The van der Waals surface area contributed by atoms with Crippen LogP contribution in [0, 0.1) is 13.8 Å². The van der Waals surface area contributed by atoms with E-state index in [1.165, 1.54) is 13.2 Å². The smallest absolute Gasteiger partial charge is 0.387 e. The third-order valence-electron chi connectivity index (χ3n) is 4.08. The van der Waals surface area contributed by atoms with Gasteiger partial charge in [0.1, 0.15) is 0 Å². The van der Waals surface area contributed by atoms with E-state index in [9.17, 15) is 23.2 Å². The van der Waals surface area contributed by atoms with Crippen LogP contribution in [0.1, 0.15) is 49.4 Å². The van der Waals surface area contributed by atoms with E-state index in [4.69, 9.17) is 14.2 Å². The number of hydrogen-bond acceptors (Lipinski definition) is 7. The quantitative estimate of drug-likeness (QED) is 0.485. The number of carbonyl (C=O) groups is 3. The number of carbonyl (C=O) groups excluding carboxylic acids is 3. The number of rotatable bonds is 9. The van der Waals surface area contributed by atoms with Crippen molar-refractivity contribution in [3.05, 3.63) is 46.3 Å². The van der Waals surface area contributed by atoms with Crippen LogP contribution in [0.3, 0.4) is 0 Å². The van der Waals surface area contributed by atoms with Crippen LogP contribution in [0.2, 0.25) is 0 Å². The molecule has 1 heterocycles. The highest BCUT2D eigenvalue weighted by Gasteiger charge is 2.26. The third kappa shape index (κ3) is 5.13. The van der Waals surface area contributed by atoms with Gasteiger partial charge < -0.3 is 23.9 Å². The lowest BCUT2D eigenvalue weighted by Gasteiger charge is -2.11. The van der Waals surface area contributed by atoms with Crippen molar-refractivity contribution in [3.63, 3.8) is 0 Å². The lowest BCUT2D eigenvalue weighted by atomic mass is 10.1. The van der Waals surface area contributed by atoms with Crippen molar-refractivity contribution in [1.29, 1.82) is 0 Å². The Morgan fingerprint density at radius 2 is 1.67 bits per heavy atom. The molecule has 2 aromatic rings. The first-order valence-corrected chi connectivity index (χ1v) is 8.89. The van der Waals surface area contributed by atoms with Gasteiger partial charge in [-0.2, -0.15) is 8.78 Å². The molecule has 0 saturated carbocycles. The number of Topliss-reactive ketones (excluding diaryl/α,β-unsaturated/α-hetero) is 1. The molecule has 0 amide bonds. The van der Waals surface area contributed by atoms with Gasteiger partial charge in [0.05, 0.1) is 30.4 Å². The number of benzene rings is 1. The van der Waals surface area contributed by atoms with Gasteiger partial charge in [-0.25, -0.2) is 9.59 Å². The van der Waals surface area contributed by atoms with E-state index in [-0.39, 0.29) is 34.8 Å². The Morgan fingerprint density at radius 3 is 2.27 bits per heavy atom. The first-order valence-electron chi connectivity index (χ1n) is 8.89. The summed E-state index contributed by atoms with van der Waals surface area (Å²) in [5.41, 5.74) is 1.03. The summed E-state index contributed by atoms with van der Waals surface area (Å²) in [6, 6.07) is 3.48. The largest absolute Gasteiger partial charge is 0.493 e. The zero-order chi connectivity index (χ0) is 22.4. The topological polar surface area (TPSA) is 104 Å². The van der Waals surface area contributed by atoms with Gasteiger partial charge in [0.25, 0.3) is 0 Å². The van der Waals surface area contributed by atoms with Gasteiger partial charge in [0.2, 0.25) is 5.78 Å². The zero-order valence-electron chi connectivity index (χ0n) is 16.8. The molecule has 10 heteroatoms. The molecule has 0 spiro atoms. The molecule has 30 heavy (non-hydrogen) atoms. The first kappa shape index (κ1) is 22.9. The molecule has 8 nitrogen and oxygen atoms in total. The number of nitrogens with one attached hydrogen (secondary N) is 1. The highest BCUT2D eigenvalue weighted by Crippen LogP contribution is 2.29.